The van der Waals surface area contributed by atoms with Crippen molar-refractivity contribution in [1.29, 1.82) is 0 Å². The Morgan fingerprint density at radius 1 is 0.969 bits per heavy atom. The molecule has 32 heavy (non-hydrogen) atoms. The second-order valence-corrected chi connectivity index (χ2v) is 8.45. The number of benzene rings is 2. The molecule has 0 saturated carbocycles. The van der Waals surface area contributed by atoms with Gasteiger partial charge >= 0.3 is 0 Å². The van der Waals surface area contributed by atoms with Crippen LogP contribution in [0.5, 0.6) is 0 Å². The highest BCUT2D eigenvalue weighted by molar-refractivity contribution is 6.30. The van der Waals surface area contributed by atoms with Gasteiger partial charge in [-0.15, -0.1) is 12.4 Å². The van der Waals surface area contributed by atoms with Crippen LogP contribution in [-0.2, 0) is 35.3 Å². The minimum absolute atomic E-state index is 0. The van der Waals surface area contributed by atoms with Gasteiger partial charge < -0.3 is 11.5 Å². The summed E-state index contributed by atoms with van der Waals surface area (Å²) in [4.78, 5) is 27.8. The monoisotopic (exact) mass is 469 g/mol. The van der Waals surface area contributed by atoms with Gasteiger partial charge in [0.05, 0.1) is 5.69 Å². The van der Waals surface area contributed by atoms with E-state index in [-0.39, 0.29) is 18.8 Å². The number of aromatic nitrogens is 1. The van der Waals surface area contributed by atoms with E-state index in [9.17, 15) is 9.59 Å². The summed E-state index contributed by atoms with van der Waals surface area (Å²) in [6.45, 7) is 0. The van der Waals surface area contributed by atoms with E-state index in [2.05, 4.69) is 6.07 Å². The van der Waals surface area contributed by atoms with Crippen LogP contribution >= 0.6 is 24.0 Å². The lowest BCUT2D eigenvalue weighted by atomic mass is 9.94. The molecule has 0 unspecified atom stereocenters. The van der Waals surface area contributed by atoms with Gasteiger partial charge in [0.2, 0.25) is 11.8 Å². The predicted molar refractivity (Wildman–Crippen MR) is 129 cm³/mol. The normalized spacial score (nSPS) is 12.3. The van der Waals surface area contributed by atoms with Gasteiger partial charge in [0.15, 0.2) is 0 Å². The van der Waals surface area contributed by atoms with E-state index in [0.717, 1.165) is 48.1 Å². The fourth-order valence-corrected chi connectivity index (χ4v) is 4.36. The molecule has 1 aromatic heterocycles. The fourth-order valence-electron chi connectivity index (χ4n) is 4.17. The summed E-state index contributed by atoms with van der Waals surface area (Å²) in [5, 5.41) is 0.696. The Balaban J connectivity index is 0.00000289. The van der Waals surface area contributed by atoms with Gasteiger partial charge in [0, 0.05) is 16.3 Å². The molecule has 4 rings (SSSR count). The first kappa shape index (κ1) is 23.8. The van der Waals surface area contributed by atoms with E-state index >= 15 is 0 Å². The molecule has 7 heteroatoms. The summed E-state index contributed by atoms with van der Waals surface area (Å²) in [5.41, 5.74) is 18.3. The molecular formula is C25H25Cl2N3O2. The van der Waals surface area contributed by atoms with Crippen LogP contribution in [0.3, 0.4) is 0 Å². The number of halogens is 2. The zero-order valence-corrected chi connectivity index (χ0v) is 19.1. The zero-order valence-electron chi connectivity index (χ0n) is 17.5. The van der Waals surface area contributed by atoms with Crippen molar-refractivity contribution in [2.24, 2.45) is 17.4 Å². The molecule has 4 N–H and O–H groups in total. The highest BCUT2D eigenvalue weighted by atomic mass is 35.5. The highest BCUT2D eigenvalue weighted by Gasteiger charge is 2.22. The molecule has 1 heterocycles. The molecule has 0 bridgehead atoms. The molecule has 0 aliphatic heterocycles. The van der Waals surface area contributed by atoms with Crippen molar-refractivity contribution in [3.8, 4) is 11.3 Å². The molecule has 5 nitrogen and oxygen atoms in total. The minimum atomic E-state index is -0.991. The van der Waals surface area contributed by atoms with Gasteiger partial charge in [0.1, 0.15) is 5.92 Å². The first-order valence-corrected chi connectivity index (χ1v) is 10.7. The number of pyridine rings is 1. The van der Waals surface area contributed by atoms with Crippen molar-refractivity contribution < 1.29 is 9.59 Å². The van der Waals surface area contributed by atoms with Gasteiger partial charge in [-0.25, -0.2) is 0 Å². The molecule has 0 spiro atoms. The third-order valence-electron chi connectivity index (χ3n) is 5.81. The van der Waals surface area contributed by atoms with Crippen molar-refractivity contribution in [1.82, 2.24) is 4.98 Å². The first-order chi connectivity index (χ1) is 14.9. The van der Waals surface area contributed by atoms with Gasteiger partial charge in [-0.3, -0.25) is 14.6 Å². The molecule has 1 aliphatic carbocycles. The van der Waals surface area contributed by atoms with Gasteiger partial charge in [-0.2, -0.15) is 0 Å². The minimum Gasteiger partial charge on any atom is -0.369 e. The van der Waals surface area contributed by atoms with Crippen LogP contribution in [-0.4, -0.2) is 16.8 Å². The summed E-state index contributed by atoms with van der Waals surface area (Å²) in [7, 11) is 0. The number of aryl methyl sites for hydroxylation is 1. The third-order valence-corrected chi connectivity index (χ3v) is 6.04. The number of carbonyl (C=O) groups excluding carboxylic acids is 2. The smallest absolute Gasteiger partial charge is 0.230 e. The number of nitrogens with zero attached hydrogens (tertiary/aromatic N) is 1. The van der Waals surface area contributed by atoms with E-state index < -0.39 is 17.7 Å². The molecule has 1 aliphatic rings. The van der Waals surface area contributed by atoms with Crippen molar-refractivity contribution in [3.05, 3.63) is 87.6 Å². The van der Waals surface area contributed by atoms with E-state index in [0.29, 0.717) is 5.02 Å². The maximum absolute atomic E-state index is 11.4. The summed E-state index contributed by atoms with van der Waals surface area (Å²) in [5.74, 6) is -2.38. The molecule has 3 aromatic rings. The summed E-state index contributed by atoms with van der Waals surface area (Å²) >= 11 is 6.19. The second kappa shape index (κ2) is 10.2. The number of amides is 2. The van der Waals surface area contributed by atoms with Gasteiger partial charge in [0.25, 0.3) is 0 Å². The number of hydrogen-bond donors (Lipinski definition) is 2. The van der Waals surface area contributed by atoms with Crippen LogP contribution in [0.25, 0.3) is 11.3 Å². The maximum Gasteiger partial charge on any atom is 0.230 e. The predicted octanol–water partition coefficient (Wildman–Crippen LogP) is 4.03. The number of fused-ring (bicyclic) bond motifs is 1. The second-order valence-electron chi connectivity index (χ2n) is 8.01. The largest absolute Gasteiger partial charge is 0.369 e. The Labute approximate surface area is 198 Å². The Morgan fingerprint density at radius 3 is 2.31 bits per heavy atom. The number of nitrogens with two attached hydrogens (primary N) is 2. The lowest BCUT2D eigenvalue weighted by Crippen LogP contribution is -2.36. The molecule has 0 fully saturated rings. The van der Waals surface area contributed by atoms with Crippen LogP contribution in [0.2, 0.25) is 5.02 Å². The maximum atomic E-state index is 11.4. The van der Waals surface area contributed by atoms with Crippen LogP contribution in [0.4, 0.5) is 0 Å². The molecule has 2 amide bonds. The van der Waals surface area contributed by atoms with E-state index in [1.807, 2.05) is 48.5 Å². The van der Waals surface area contributed by atoms with E-state index in [4.69, 9.17) is 28.1 Å². The SMILES string of the molecule is Cl.NC(=O)C(Cc1ccc(Cc2cc(-c3cccc(Cl)c3)nc3c2CCC3)cc1)C(N)=O. The topological polar surface area (TPSA) is 99.1 Å². The standard InChI is InChI=1S/C25H24ClN3O2.ClH/c26-19-4-1-3-17(13-19)23-14-18(20-5-2-6-22(20)29-23)11-15-7-9-16(10-8-15)12-21(24(27)30)25(28)31;/h1,3-4,7-10,13-14,21H,2,5-6,11-12H2,(H2,27,30)(H2,28,31);1H. The van der Waals surface area contributed by atoms with Crippen molar-refractivity contribution >= 4 is 35.8 Å². The highest BCUT2D eigenvalue weighted by Crippen LogP contribution is 2.31. The number of primary amides is 2. The Morgan fingerprint density at radius 2 is 1.66 bits per heavy atom. The number of carbonyl (C=O) groups is 2. The molecule has 0 saturated heterocycles. The van der Waals surface area contributed by atoms with Crippen molar-refractivity contribution in [3.63, 3.8) is 0 Å². The van der Waals surface area contributed by atoms with Crippen molar-refractivity contribution in [2.75, 3.05) is 0 Å². The Bertz CT molecular complexity index is 1130. The van der Waals surface area contributed by atoms with E-state index in [1.165, 1.54) is 16.8 Å². The first-order valence-electron chi connectivity index (χ1n) is 10.3. The lowest BCUT2D eigenvalue weighted by molar-refractivity contribution is -0.131. The van der Waals surface area contributed by atoms with E-state index in [1.54, 1.807) is 0 Å². The Kier molecular flexibility index (Phi) is 7.54. The molecule has 0 atom stereocenters. The summed E-state index contributed by atoms with van der Waals surface area (Å²) in [6.07, 6.45) is 4.17. The number of rotatable bonds is 7. The van der Waals surface area contributed by atoms with Gasteiger partial charge in [-0.05, 0) is 72.6 Å². The third kappa shape index (κ3) is 5.29. The van der Waals surface area contributed by atoms with Crippen molar-refractivity contribution in [2.45, 2.75) is 32.1 Å². The fraction of sp³-hybridized carbons (Fsp3) is 0.240. The van der Waals surface area contributed by atoms with Crippen LogP contribution in [0, 0.1) is 5.92 Å². The molecule has 0 radical (unpaired) electrons. The van der Waals surface area contributed by atoms with Gasteiger partial charge in [-0.1, -0.05) is 48.0 Å². The lowest BCUT2D eigenvalue weighted by Gasteiger charge is -2.13. The molecule has 2 aromatic carbocycles. The quantitative estimate of drug-likeness (QED) is 0.510. The van der Waals surface area contributed by atoms with Crippen LogP contribution in [0.15, 0.2) is 54.6 Å². The summed E-state index contributed by atoms with van der Waals surface area (Å²) < 4.78 is 0. The summed E-state index contributed by atoms with van der Waals surface area (Å²) in [6, 6.07) is 17.8. The Hall–Kier alpha value is -2.89. The average molecular weight is 470 g/mol. The van der Waals surface area contributed by atoms with Crippen LogP contribution < -0.4 is 11.5 Å². The molecule has 166 valence electrons. The average Bonchev–Trinajstić information content (AvgIpc) is 3.22. The molecular weight excluding hydrogens is 445 g/mol. The number of hydrogen-bond acceptors (Lipinski definition) is 3. The van der Waals surface area contributed by atoms with Crippen LogP contribution in [0.1, 0.15) is 34.4 Å². The zero-order chi connectivity index (χ0) is 22.0.